The summed E-state index contributed by atoms with van der Waals surface area (Å²) in [5, 5.41) is 26.3. The fraction of sp³-hybridized carbons (Fsp3) is 0.182. The number of alkyl halides is 3. The van der Waals surface area contributed by atoms with Gasteiger partial charge in [0.15, 0.2) is 29.3 Å². The first-order valence-corrected chi connectivity index (χ1v) is 12.4. The second-order valence-corrected chi connectivity index (χ2v) is 9.21. The fourth-order valence-electron chi connectivity index (χ4n) is 3.53. The Morgan fingerprint density at radius 3 is 2.62 bits per heavy atom. The molecule has 206 valence electrons. The van der Waals surface area contributed by atoms with Gasteiger partial charge in [0.1, 0.15) is 18.6 Å². The molecule has 0 bridgehead atoms. The lowest BCUT2D eigenvalue weighted by molar-refractivity contribution is -0.207. The predicted molar refractivity (Wildman–Crippen MR) is 135 cm³/mol. The quantitative estimate of drug-likeness (QED) is 0.276. The number of hydrogen-bond donors (Lipinski definition) is 2. The summed E-state index contributed by atoms with van der Waals surface area (Å²) in [7, 11) is 0. The van der Waals surface area contributed by atoms with Crippen molar-refractivity contribution in [2.75, 3.05) is 5.32 Å². The van der Waals surface area contributed by atoms with Gasteiger partial charge < -0.3 is 10.4 Å². The third kappa shape index (κ3) is 5.75. The van der Waals surface area contributed by atoms with Crippen LogP contribution in [-0.4, -0.2) is 67.0 Å². The van der Waals surface area contributed by atoms with Gasteiger partial charge in [-0.1, -0.05) is 16.1 Å². The standard InChI is InChI=1S/C22H16ClF3N10O3S/c23-13-5-3-12(4-6-13)19-32-35(21(39)34(19)8-16(37)22(24,25)26)9-17-28-11-36(31-17)15-2-1-7-27-18(15)29-20(38)14-10-40-33-30-14/h1-7,10-11,16,37H,8-9H2,(H,27,29,38)/t16-/m0/s1. The molecule has 4 aromatic heterocycles. The van der Waals surface area contributed by atoms with E-state index >= 15 is 0 Å². The first-order valence-electron chi connectivity index (χ1n) is 11.2. The van der Waals surface area contributed by atoms with Crippen LogP contribution < -0.4 is 11.0 Å². The monoisotopic (exact) mass is 592 g/mol. The molecule has 0 aliphatic heterocycles. The number of benzene rings is 1. The Balaban J connectivity index is 1.44. The third-order valence-electron chi connectivity index (χ3n) is 5.45. The molecule has 2 N–H and O–H groups in total. The lowest BCUT2D eigenvalue weighted by Crippen LogP contribution is -2.37. The van der Waals surface area contributed by atoms with Gasteiger partial charge in [-0.2, -0.15) is 13.2 Å². The number of halogens is 4. The molecule has 0 aliphatic rings. The van der Waals surface area contributed by atoms with E-state index in [4.69, 9.17) is 11.6 Å². The van der Waals surface area contributed by atoms with Crippen molar-refractivity contribution in [1.29, 1.82) is 0 Å². The van der Waals surface area contributed by atoms with E-state index in [2.05, 4.69) is 35.1 Å². The summed E-state index contributed by atoms with van der Waals surface area (Å²) in [5.74, 6) is -0.430. The summed E-state index contributed by atoms with van der Waals surface area (Å²) < 4.78 is 45.8. The SMILES string of the molecule is O=C(Nc1ncccc1-n1cnc(Cn2nc(-c3ccc(Cl)cc3)n(C[C@H](O)C(F)(F)F)c2=O)n1)c1csnn1. The smallest absolute Gasteiger partial charge is 0.382 e. The first kappa shape index (κ1) is 27.1. The number of aliphatic hydroxyl groups excluding tert-OH is 1. The van der Waals surface area contributed by atoms with Crippen LogP contribution in [-0.2, 0) is 13.1 Å². The van der Waals surface area contributed by atoms with Crippen LogP contribution in [0.15, 0.2) is 59.1 Å². The van der Waals surface area contributed by atoms with Gasteiger partial charge in [-0.15, -0.1) is 15.3 Å². The number of nitrogens with one attached hydrogen (secondary N) is 1. The van der Waals surface area contributed by atoms with Gasteiger partial charge in [-0.05, 0) is 47.9 Å². The molecule has 0 unspecified atom stereocenters. The molecule has 1 amide bonds. The molecule has 1 aromatic carbocycles. The predicted octanol–water partition coefficient (Wildman–Crippen LogP) is 2.42. The first-order chi connectivity index (χ1) is 19.1. The van der Waals surface area contributed by atoms with Gasteiger partial charge in [0.2, 0.25) is 0 Å². The molecule has 0 saturated carbocycles. The summed E-state index contributed by atoms with van der Waals surface area (Å²) in [5.41, 5.74) is -0.177. The maximum atomic E-state index is 13.1. The van der Waals surface area contributed by atoms with Crippen LogP contribution >= 0.6 is 23.1 Å². The number of anilines is 1. The average Bonchev–Trinajstić information content (AvgIpc) is 3.68. The lowest BCUT2D eigenvalue weighted by atomic mass is 10.2. The van der Waals surface area contributed by atoms with Gasteiger partial charge in [-0.25, -0.2) is 24.1 Å². The molecule has 0 radical (unpaired) electrons. The zero-order valence-corrected chi connectivity index (χ0v) is 21.5. The highest BCUT2D eigenvalue weighted by molar-refractivity contribution is 7.03. The molecule has 0 aliphatic carbocycles. The molecule has 0 saturated heterocycles. The minimum Gasteiger partial charge on any atom is -0.382 e. The molecule has 13 nitrogen and oxygen atoms in total. The summed E-state index contributed by atoms with van der Waals surface area (Å²) in [6, 6.07) is 9.16. The largest absolute Gasteiger partial charge is 0.416 e. The lowest BCUT2D eigenvalue weighted by Gasteiger charge is -2.15. The number of amides is 1. The van der Waals surface area contributed by atoms with Gasteiger partial charge in [0.25, 0.3) is 5.91 Å². The normalized spacial score (nSPS) is 12.4. The Kier molecular flexibility index (Phi) is 7.42. The van der Waals surface area contributed by atoms with Crippen molar-refractivity contribution in [1.82, 2.24) is 43.7 Å². The molecule has 5 aromatic rings. The van der Waals surface area contributed by atoms with Gasteiger partial charge >= 0.3 is 11.9 Å². The number of carbonyl (C=O) groups excluding carboxylic acids is 1. The van der Waals surface area contributed by atoms with E-state index in [0.717, 1.165) is 20.8 Å². The van der Waals surface area contributed by atoms with Gasteiger partial charge in [-0.3, -0.25) is 9.36 Å². The van der Waals surface area contributed by atoms with Crippen molar-refractivity contribution in [2.24, 2.45) is 0 Å². The van der Waals surface area contributed by atoms with Crippen molar-refractivity contribution in [3.8, 4) is 17.1 Å². The van der Waals surface area contributed by atoms with Crippen molar-refractivity contribution >= 4 is 34.9 Å². The number of aromatic nitrogens is 9. The number of hydrogen-bond acceptors (Lipinski definition) is 10. The molecule has 0 fully saturated rings. The zero-order chi connectivity index (χ0) is 28.4. The zero-order valence-electron chi connectivity index (χ0n) is 19.9. The molecule has 18 heteroatoms. The van der Waals surface area contributed by atoms with Crippen molar-refractivity contribution < 1.29 is 23.1 Å². The molecule has 4 heterocycles. The minimum absolute atomic E-state index is 0.0793. The van der Waals surface area contributed by atoms with E-state index in [1.54, 1.807) is 12.1 Å². The summed E-state index contributed by atoms with van der Waals surface area (Å²) in [4.78, 5) is 33.8. The number of nitrogens with zero attached hydrogens (tertiary/aromatic N) is 9. The highest BCUT2D eigenvalue weighted by atomic mass is 35.5. The van der Waals surface area contributed by atoms with E-state index in [1.807, 2.05) is 0 Å². The van der Waals surface area contributed by atoms with Crippen molar-refractivity contribution in [3.05, 3.63) is 81.3 Å². The number of rotatable bonds is 8. The van der Waals surface area contributed by atoms with Crippen LogP contribution in [0.4, 0.5) is 19.0 Å². The van der Waals surface area contributed by atoms with Gasteiger partial charge in [0.05, 0.1) is 6.54 Å². The molecule has 5 rings (SSSR count). The Hall–Kier alpha value is -4.48. The number of carbonyl (C=O) groups is 1. The Morgan fingerprint density at radius 2 is 1.93 bits per heavy atom. The van der Waals surface area contributed by atoms with Crippen LogP contribution in [0.2, 0.25) is 5.02 Å². The third-order valence-corrected chi connectivity index (χ3v) is 6.20. The molecule has 0 spiro atoms. The second-order valence-electron chi connectivity index (χ2n) is 8.16. The minimum atomic E-state index is -4.95. The van der Waals surface area contributed by atoms with E-state index in [9.17, 15) is 27.9 Å². The van der Waals surface area contributed by atoms with E-state index in [0.29, 0.717) is 16.3 Å². The molecule has 40 heavy (non-hydrogen) atoms. The van der Waals surface area contributed by atoms with E-state index in [1.165, 1.54) is 46.9 Å². The van der Waals surface area contributed by atoms with Crippen LogP contribution in [0.3, 0.4) is 0 Å². The summed E-state index contributed by atoms with van der Waals surface area (Å²) >= 11 is 6.92. The maximum absolute atomic E-state index is 13.1. The van der Waals surface area contributed by atoms with Crippen LogP contribution in [0.5, 0.6) is 0 Å². The van der Waals surface area contributed by atoms with Crippen molar-refractivity contribution in [3.63, 3.8) is 0 Å². The molecule has 1 atom stereocenters. The topological polar surface area (TPSA) is 159 Å². The maximum Gasteiger partial charge on any atom is 0.416 e. The highest BCUT2D eigenvalue weighted by Crippen LogP contribution is 2.24. The molecular formula is C22H16ClF3N10O3S. The Bertz CT molecular complexity index is 1700. The van der Waals surface area contributed by atoms with E-state index < -0.39 is 30.4 Å². The van der Waals surface area contributed by atoms with Crippen LogP contribution in [0, 0.1) is 0 Å². The highest BCUT2D eigenvalue weighted by Gasteiger charge is 2.39. The fourth-order valence-corrected chi connectivity index (χ4v) is 4.09. The number of pyridine rings is 1. The van der Waals surface area contributed by atoms with E-state index in [-0.39, 0.29) is 29.7 Å². The Labute approximate surface area is 230 Å². The summed E-state index contributed by atoms with van der Waals surface area (Å²) in [6.07, 6.45) is -4.99. The summed E-state index contributed by atoms with van der Waals surface area (Å²) in [6.45, 7) is -1.39. The Morgan fingerprint density at radius 1 is 1.15 bits per heavy atom. The van der Waals surface area contributed by atoms with Crippen LogP contribution in [0.1, 0.15) is 16.3 Å². The number of aliphatic hydroxyl groups is 1. The van der Waals surface area contributed by atoms with Gasteiger partial charge in [0, 0.05) is 22.2 Å². The average molecular weight is 593 g/mol. The van der Waals surface area contributed by atoms with Crippen molar-refractivity contribution in [2.45, 2.75) is 25.4 Å². The van der Waals surface area contributed by atoms with Crippen LogP contribution in [0.25, 0.3) is 17.1 Å². The molecular weight excluding hydrogens is 577 g/mol. The second kappa shape index (κ2) is 10.9.